The third-order valence-electron chi connectivity index (χ3n) is 5.46. The molecule has 2 unspecified atom stereocenters. The van der Waals surface area contributed by atoms with Crippen LogP contribution in [0.15, 0.2) is 51.9 Å². The lowest BCUT2D eigenvalue weighted by molar-refractivity contribution is 0.0961. The van der Waals surface area contributed by atoms with Crippen LogP contribution in [0, 0.1) is 32.6 Å². The highest BCUT2D eigenvalue weighted by molar-refractivity contribution is 7.99. The fourth-order valence-corrected chi connectivity index (χ4v) is 4.45. The van der Waals surface area contributed by atoms with Gasteiger partial charge in [0.15, 0.2) is 6.17 Å². The minimum absolute atomic E-state index is 0.265. The molecule has 11 heteroatoms. The fourth-order valence-electron chi connectivity index (χ4n) is 3.55. The lowest BCUT2D eigenvalue weighted by atomic mass is 9.99. The number of carbonyl (C=O) groups excluding carboxylic acids is 1. The predicted molar refractivity (Wildman–Crippen MR) is 150 cm³/mol. The predicted octanol–water partition coefficient (Wildman–Crippen LogP) is 3.22. The molecular formula is C27H26N8O2S. The smallest absolute Gasteiger partial charge is 0.254 e. The maximum absolute atomic E-state index is 13.2. The molecule has 38 heavy (non-hydrogen) atoms. The Morgan fingerprint density at radius 1 is 1.05 bits per heavy atom. The summed E-state index contributed by atoms with van der Waals surface area (Å²) in [6.07, 6.45) is 7.62. The van der Waals surface area contributed by atoms with Crippen LogP contribution in [-0.4, -0.2) is 69.0 Å². The molecule has 1 N–H and O–H groups in total. The van der Waals surface area contributed by atoms with E-state index in [4.69, 9.17) is 4.74 Å². The minimum Gasteiger partial charge on any atom is -0.494 e. The zero-order valence-electron chi connectivity index (χ0n) is 21.5. The van der Waals surface area contributed by atoms with Gasteiger partial charge in [0, 0.05) is 41.1 Å². The van der Waals surface area contributed by atoms with Gasteiger partial charge in [-0.15, -0.1) is 11.8 Å². The molecule has 3 aromatic heterocycles. The van der Waals surface area contributed by atoms with Gasteiger partial charge >= 0.3 is 0 Å². The van der Waals surface area contributed by atoms with Crippen molar-refractivity contribution in [1.82, 2.24) is 25.3 Å². The topological polar surface area (TPSA) is 127 Å². The molecule has 1 amide bonds. The van der Waals surface area contributed by atoms with E-state index >= 15 is 0 Å². The molecular weight excluding hydrogens is 500 g/mol. The lowest BCUT2D eigenvalue weighted by Crippen LogP contribution is -2.29. The molecule has 2 atom stereocenters. The number of pyridine rings is 2. The minimum atomic E-state index is -0.481. The molecule has 192 valence electrons. The van der Waals surface area contributed by atoms with Gasteiger partial charge in [0.2, 0.25) is 0 Å². The average molecular weight is 527 g/mol. The van der Waals surface area contributed by atoms with E-state index in [0.717, 1.165) is 17.0 Å². The van der Waals surface area contributed by atoms with Crippen molar-refractivity contribution in [3.8, 4) is 28.7 Å². The lowest BCUT2D eigenvalue weighted by Gasteiger charge is -2.20. The maximum Gasteiger partial charge on any atom is 0.254 e. The van der Waals surface area contributed by atoms with Crippen molar-refractivity contribution in [2.45, 2.75) is 32.3 Å². The molecule has 0 aliphatic carbocycles. The van der Waals surface area contributed by atoms with Crippen LogP contribution in [0.1, 0.15) is 33.1 Å². The van der Waals surface area contributed by atoms with E-state index in [9.17, 15) is 4.79 Å². The summed E-state index contributed by atoms with van der Waals surface area (Å²) in [5.41, 5.74) is 4.68. The second kappa shape index (κ2) is 12.2. The number of aryl methyl sites for hydroxylation is 3. The van der Waals surface area contributed by atoms with Crippen LogP contribution in [0.25, 0.3) is 11.1 Å². The van der Waals surface area contributed by atoms with E-state index in [-0.39, 0.29) is 11.8 Å². The van der Waals surface area contributed by atoms with Crippen LogP contribution >= 0.6 is 11.8 Å². The Kier molecular flexibility index (Phi) is 8.55. The Labute approximate surface area is 225 Å². The van der Waals surface area contributed by atoms with Gasteiger partial charge in [0.05, 0.1) is 36.5 Å². The summed E-state index contributed by atoms with van der Waals surface area (Å²) in [6, 6.07) is 3.75. The molecule has 10 nitrogen and oxygen atoms in total. The van der Waals surface area contributed by atoms with E-state index in [1.54, 1.807) is 38.1 Å². The van der Waals surface area contributed by atoms with Gasteiger partial charge in [-0.05, 0) is 45.5 Å². The van der Waals surface area contributed by atoms with Crippen molar-refractivity contribution in [3.05, 3.63) is 65.3 Å². The second-order valence-electron chi connectivity index (χ2n) is 8.26. The molecule has 0 spiro atoms. The summed E-state index contributed by atoms with van der Waals surface area (Å²) >= 11 is 1.38. The Bertz CT molecular complexity index is 1470. The summed E-state index contributed by atoms with van der Waals surface area (Å²) < 4.78 is 5.50. The zero-order chi connectivity index (χ0) is 27.1. The summed E-state index contributed by atoms with van der Waals surface area (Å²) in [5.74, 6) is 7.21. The number of nitrogens with one attached hydrogen (secondary N) is 1. The molecule has 3 aromatic rings. The third kappa shape index (κ3) is 6.46. The first-order chi connectivity index (χ1) is 18.4. The molecule has 0 aromatic carbocycles. The number of hydrogen-bond donors (Lipinski definition) is 1. The number of methoxy groups -OCH3 is 1. The Morgan fingerprint density at radius 2 is 1.76 bits per heavy atom. The molecule has 0 bridgehead atoms. The van der Waals surface area contributed by atoms with Crippen LogP contribution < -0.4 is 10.1 Å². The molecule has 0 fully saturated rings. The first kappa shape index (κ1) is 26.6. The first-order valence-electron chi connectivity index (χ1n) is 11.6. The van der Waals surface area contributed by atoms with Gasteiger partial charge in [-0.3, -0.25) is 29.7 Å². The molecule has 1 aliphatic heterocycles. The van der Waals surface area contributed by atoms with Crippen molar-refractivity contribution in [2.75, 3.05) is 13.0 Å². The normalized spacial score (nSPS) is 16.2. The number of ether oxygens (including phenoxy) is 1. The highest BCUT2D eigenvalue weighted by Crippen LogP contribution is 2.32. The SMILES string of the molecule is C=NC1N=CC(C#Cc2cnc(C)nc2)=NC1SCNC(=O)c1cnc(C)cc1-c1cc(C)ncc1OC. The molecule has 0 saturated heterocycles. The number of aromatic nitrogens is 4. The van der Waals surface area contributed by atoms with Crippen LogP contribution in [-0.2, 0) is 0 Å². The number of amides is 1. The number of aliphatic imine (C=N–C) groups is 3. The van der Waals surface area contributed by atoms with E-state index in [1.165, 1.54) is 11.8 Å². The van der Waals surface area contributed by atoms with Gasteiger partial charge < -0.3 is 10.1 Å². The van der Waals surface area contributed by atoms with Crippen molar-refractivity contribution in [1.29, 1.82) is 0 Å². The van der Waals surface area contributed by atoms with Gasteiger partial charge in [0.1, 0.15) is 22.7 Å². The van der Waals surface area contributed by atoms with Crippen LogP contribution in [0.5, 0.6) is 5.75 Å². The number of rotatable bonds is 7. The van der Waals surface area contributed by atoms with Gasteiger partial charge in [-0.1, -0.05) is 5.92 Å². The van der Waals surface area contributed by atoms with Gasteiger partial charge in [-0.2, -0.15) is 0 Å². The Hall–Kier alpha value is -4.43. The van der Waals surface area contributed by atoms with E-state index < -0.39 is 11.5 Å². The standard InChI is InChI=1S/C27H26N8O2S/c1-16-8-21(22-9-17(2)30-14-24(22)37-5)23(13-29-16)26(36)34-15-38-27-25(28-4)33-12-20(35-27)7-6-19-10-31-18(3)32-11-19/h8-14,25,27H,4,15H2,1-3,5H3,(H,34,36). The fraction of sp³-hybridized carbons (Fsp3) is 0.259. The van der Waals surface area contributed by atoms with Gasteiger partial charge in [-0.25, -0.2) is 9.97 Å². The van der Waals surface area contributed by atoms with Crippen LogP contribution in [0.2, 0.25) is 0 Å². The molecule has 1 aliphatic rings. The number of thioether (sulfide) groups is 1. The average Bonchev–Trinajstić information content (AvgIpc) is 2.92. The summed E-state index contributed by atoms with van der Waals surface area (Å²) in [7, 11) is 1.57. The molecule has 4 rings (SSSR count). The highest BCUT2D eigenvalue weighted by atomic mass is 32.2. The highest BCUT2D eigenvalue weighted by Gasteiger charge is 2.23. The van der Waals surface area contributed by atoms with Gasteiger partial charge in [0.25, 0.3) is 5.91 Å². The number of hydrogen-bond acceptors (Lipinski definition) is 10. The summed E-state index contributed by atoms with van der Waals surface area (Å²) in [5, 5.41) is 2.55. The zero-order valence-corrected chi connectivity index (χ0v) is 22.3. The molecule has 4 heterocycles. The van der Waals surface area contributed by atoms with Crippen molar-refractivity contribution in [2.24, 2.45) is 15.0 Å². The Morgan fingerprint density at radius 3 is 2.47 bits per heavy atom. The quantitative estimate of drug-likeness (QED) is 0.284. The van der Waals surface area contributed by atoms with Crippen LogP contribution in [0.3, 0.4) is 0 Å². The van der Waals surface area contributed by atoms with E-state index in [0.29, 0.717) is 34.0 Å². The van der Waals surface area contributed by atoms with E-state index in [2.05, 4.69) is 58.8 Å². The largest absolute Gasteiger partial charge is 0.494 e. The third-order valence-corrected chi connectivity index (χ3v) is 6.46. The first-order valence-corrected chi connectivity index (χ1v) is 12.7. The molecule has 0 radical (unpaired) electrons. The number of carbonyl (C=O) groups is 1. The van der Waals surface area contributed by atoms with Crippen LogP contribution in [0.4, 0.5) is 0 Å². The summed E-state index contributed by atoms with van der Waals surface area (Å²) in [6.45, 7) is 9.19. The molecule has 0 saturated carbocycles. The monoisotopic (exact) mass is 526 g/mol. The maximum atomic E-state index is 13.2. The van der Waals surface area contributed by atoms with Crippen molar-refractivity contribution < 1.29 is 9.53 Å². The summed E-state index contributed by atoms with van der Waals surface area (Å²) in [4.78, 5) is 43.2. The van der Waals surface area contributed by atoms with Crippen molar-refractivity contribution in [3.63, 3.8) is 0 Å². The van der Waals surface area contributed by atoms with E-state index in [1.807, 2.05) is 32.9 Å². The van der Waals surface area contributed by atoms with Crippen molar-refractivity contribution >= 4 is 36.3 Å². The second-order valence-corrected chi connectivity index (χ2v) is 9.37. The Balaban J connectivity index is 1.48. The number of nitrogens with zero attached hydrogens (tertiary/aromatic N) is 7.